The summed E-state index contributed by atoms with van der Waals surface area (Å²) in [4.78, 5) is 0. The molecule has 1 unspecified atom stereocenters. The molecule has 0 spiro atoms. The van der Waals surface area contributed by atoms with Crippen LogP contribution in [0.25, 0.3) is 0 Å². The second-order valence-electron chi connectivity index (χ2n) is 5.60. The summed E-state index contributed by atoms with van der Waals surface area (Å²) in [7, 11) is 1.84. The largest absolute Gasteiger partial charge is 0.387 e. The van der Waals surface area contributed by atoms with E-state index in [0.717, 1.165) is 12.0 Å². The summed E-state index contributed by atoms with van der Waals surface area (Å²) in [6.07, 6.45) is 0.553. The second-order valence-corrected chi connectivity index (χ2v) is 5.60. The number of hydrogen-bond donors (Lipinski definition) is 3. The molecule has 0 aliphatic carbocycles. The molecule has 4 N–H and O–H groups in total. The normalized spacial score (nSPS) is 14.4. The van der Waals surface area contributed by atoms with E-state index >= 15 is 0 Å². The van der Waals surface area contributed by atoms with Crippen molar-refractivity contribution in [3.05, 3.63) is 71.8 Å². The van der Waals surface area contributed by atoms with Gasteiger partial charge in [0.15, 0.2) is 0 Å². The zero-order valence-corrected chi connectivity index (χ0v) is 13.7. The molecule has 2 aromatic carbocycles. The van der Waals surface area contributed by atoms with Gasteiger partial charge in [0.2, 0.25) is 0 Å². The van der Waals surface area contributed by atoms with Crippen LogP contribution in [0, 0.1) is 0 Å². The minimum absolute atomic E-state index is 0.0902. The Labute approximate surface area is 134 Å². The van der Waals surface area contributed by atoms with E-state index in [1.165, 1.54) is 5.56 Å². The Morgan fingerprint density at radius 3 is 1.91 bits per heavy atom. The fraction of sp³-hybridized carbons (Fsp3) is 0.368. The summed E-state index contributed by atoms with van der Waals surface area (Å²) in [6.45, 7) is 3.98. The van der Waals surface area contributed by atoms with Crippen LogP contribution in [0.5, 0.6) is 0 Å². The van der Waals surface area contributed by atoms with Crippen molar-refractivity contribution < 1.29 is 5.11 Å². The molecule has 22 heavy (non-hydrogen) atoms. The summed E-state index contributed by atoms with van der Waals surface area (Å²) in [5.74, 6) is 0. The Kier molecular flexibility index (Phi) is 8.44. The molecule has 0 aliphatic rings. The highest BCUT2D eigenvalue weighted by Gasteiger charge is 2.12. The molecule has 3 nitrogen and oxygen atoms in total. The van der Waals surface area contributed by atoms with Crippen molar-refractivity contribution in [2.75, 3.05) is 7.05 Å². The highest BCUT2D eigenvalue weighted by Crippen LogP contribution is 2.15. The zero-order chi connectivity index (χ0) is 16.4. The molecule has 3 heteroatoms. The van der Waals surface area contributed by atoms with Crippen molar-refractivity contribution in [3.63, 3.8) is 0 Å². The lowest BCUT2D eigenvalue weighted by atomic mass is 10.0. The van der Waals surface area contributed by atoms with E-state index in [-0.39, 0.29) is 12.1 Å². The molecule has 3 atom stereocenters. The molecule has 0 aliphatic heterocycles. The number of aliphatic hydroxyl groups is 1. The van der Waals surface area contributed by atoms with Crippen LogP contribution >= 0.6 is 0 Å². The van der Waals surface area contributed by atoms with Crippen LogP contribution in [-0.4, -0.2) is 24.2 Å². The molecule has 0 amide bonds. The minimum atomic E-state index is -0.420. The lowest BCUT2D eigenvalue weighted by molar-refractivity contribution is 0.140. The van der Waals surface area contributed by atoms with Crippen molar-refractivity contribution in [1.82, 2.24) is 5.32 Å². The van der Waals surface area contributed by atoms with Crippen LogP contribution in [0.3, 0.4) is 0 Å². The number of rotatable bonds is 5. The van der Waals surface area contributed by atoms with Gasteiger partial charge in [-0.2, -0.15) is 0 Å². The van der Waals surface area contributed by atoms with Crippen LogP contribution < -0.4 is 11.1 Å². The Morgan fingerprint density at radius 2 is 1.45 bits per heavy atom. The maximum Gasteiger partial charge on any atom is 0.0940 e. The molecular weight excluding hydrogens is 272 g/mol. The Morgan fingerprint density at radius 1 is 0.955 bits per heavy atom. The highest BCUT2D eigenvalue weighted by atomic mass is 16.3. The third kappa shape index (κ3) is 6.85. The Balaban J connectivity index is 0.000000224. The van der Waals surface area contributed by atoms with Gasteiger partial charge in [0.1, 0.15) is 0 Å². The molecule has 0 fully saturated rings. The molecule has 0 aromatic heterocycles. The van der Waals surface area contributed by atoms with E-state index in [4.69, 9.17) is 5.73 Å². The Bertz CT molecular complexity index is 499. The quantitative estimate of drug-likeness (QED) is 0.796. The van der Waals surface area contributed by atoms with Gasteiger partial charge in [-0.25, -0.2) is 0 Å². The maximum atomic E-state index is 9.73. The maximum absolute atomic E-state index is 9.73. The van der Waals surface area contributed by atoms with Gasteiger partial charge in [-0.1, -0.05) is 60.7 Å². The van der Waals surface area contributed by atoms with E-state index < -0.39 is 6.10 Å². The molecule has 0 saturated heterocycles. The first-order chi connectivity index (χ1) is 10.5. The third-order valence-corrected chi connectivity index (χ3v) is 3.47. The van der Waals surface area contributed by atoms with Crippen LogP contribution in [-0.2, 0) is 6.42 Å². The Hall–Kier alpha value is -1.68. The van der Waals surface area contributed by atoms with Gasteiger partial charge in [0, 0.05) is 12.1 Å². The van der Waals surface area contributed by atoms with Crippen LogP contribution in [0.15, 0.2) is 60.7 Å². The molecular formula is C19H28N2O. The first-order valence-corrected chi connectivity index (χ1v) is 7.74. The van der Waals surface area contributed by atoms with Crippen molar-refractivity contribution in [1.29, 1.82) is 0 Å². The standard InChI is InChI=1S/C10H15NO.C9H13N/c1-8(11-2)10(12)9-6-4-3-5-7-9;1-8(10)7-9-5-3-2-4-6-9/h3-8,10-12H,1-2H3;2-6,8H,7,10H2,1H3/t8-,10-;/m0./s1. The number of aliphatic hydroxyl groups excluding tert-OH is 1. The van der Waals surface area contributed by atoms with Crippen molar-refractivity contribution in [3.8, 4) is 0 Å². The molecule has 0 radical (unpaired) electrons. The smallest absolute Gasteiger partial charge is 0.0940 e. The molecule has 0 heterocycles. The van der Waals surface area contributed by atoms with Crippen LogP contribution in [0.4, 0.5) is 0 Å². The summed E-state index contributed by atoms with van der Waals surface area (Å²) >= 11 is 0. The highest BCUT2D eigenvalue weighted by molar-refractivity contribution is 5.18. The molecule has 0 bridgehead atoms. The molecule has 120 valence electrons. The SMILES string of the molecule is CC(N)Cc1ccccc1.CN[C@@H](C)[C@H](O)c1ccccc1. The number of likely N-dealkylation sites (N-methyl/N-ethyl adjacent to an activating group) is 1. The second kappa shape index (κ2) is 10.1. The monoisotopic (exact) mass is 300 g/mol. The lowest BCUT2D eigenvalue weighted by Crippen LogP contribution is -2.28. The fourth-order valence-corrected chi connectivity index (χ4v) is 2.08. The number of hydrogen-bond acceptors (Lipinski definition) is 3. The summed E-state index contributed by atoms with van der Waals surface area (Å²) in [5, 5.41) is 12.7. The van der Waals surface area contributed by atoms with Gasteiger partial charge in [-0.15, -0.1) is 0 Å². The van der Waals surface area contributed by atoms with E-state index in [1.807, 2.05) is 69.4 Å². The van der Waals surface area contributed by atoms with Gasteiger partial charge in [0.05, 0.1) is 6.10 Å². The summed E-state index contributed by atoms with van der Waals surface area (Å²) < 4.78 is 0. The van der Waals surface area contributed by atoms with Crippen molar-refractivity contribution >= 4 is 0 Å². The predicted molar refractivity (Wildman–Crippen MR) is 93.7 cm³/mol. The third-order valence-electron chi connectivity index (χ3n) is 3.47. The van der Waals surface area contributed by atoms with Crippen molar-refractivity contribution in [2.24, 2.45) is 5.73 Å². The topological polar surface area (TPSA) is 58.3 Å². The van der Waals surface area contributed by atoms with Crippen LogP contribution in [0.2, 0.25) is 0 Å². The van der Waals surface area contributed by atoms with Crippen LogP contribution in [0.1, 0.15) is 31.1 Å². The van der Waals surface area contributed by atoms with Gasteiger partial charge < -0.3 is 16.2 Å². The van der Waals surface area contributed by atoms with Gasteiger partial charge in [0.25, 0.3) is 0 Å². The number of benzene rings is 2. The first kappa shape index (κ1) is 18.4. The average Bonchev–Trinajstić information content (AvgIpc) is 2.55. The summed E-state index contributed by atoms with van der Waals surface area (Å²) in [6, 6.07) is 20.3. The molecule has 2 rings (SSSR count). The molecule has 0 saturated carbocycles. The molecule has 2 aromatic rings. The van der Waals surface area contributed by atoms with E-state index in [9.17, 15) is 5.11 Å². The van der Waals surface area contributed by atoms with Gasteiger partial charge >= 0.3 is 0 Å². The van der Waals surface area contributed by atoms with Crippen molar-refractivity contribution in [2.45, 2.75) is 38.5 Å². The zero-order valence-electron chi connectivity index (χ0n) is 13.7. The minimum Gasteiger partial charge on any atom is -0.387 e. The first-order valence-electron chi connectivity index (χ1n) is 7.74. The van der Waals surface area contributed by atoms with Gasteiger partial charge in [-0.3, -0.25) is 0 Å². The van der Waals surface area contributed by atoms with E-state index in [2.05, 4.69) is 17.4 Å². The number of nitrogens with one attached hydrogen (secondary N) is 1. The van der Waals surface area contributed by atoms with E-state index in [1.54, 1.807) is 0 Å². The van der Waals surface area contributed by atoms with E-state index in [0.29, 0.717) is 0 Å². The van der Waals surface area contributed by atoms with Gasteiger partial charge in [-0.05, 0) is 38.4 Å². The fourth-order valence-electron chi connectivity index (χ4n) is 2.08. The number of nitrogens with two attached hydrogens (primary N) is 1. The lowest BCUT2D eigenvalue weighted by Gasteiger charge is -2.17. The predicted octanol–water partition coefficient (Wildman–Crippen LogP) is 2.90. The summed E-state index contributed by atoms with van der Waals surface area (Å²) in [5.41, 5.74) is 7.90. The average molecular weight is 300 g/mol.